The molecule has 0 radical (unpaired) electrons. The van der Waals surface area contributed by atoms with Crippen LogP contribution in [0.1, 0.15) is 29.0 Å². The summed E-state index contributed by atoms with van der Waals surface area (Å²) >= 11 is 1.16. The van der Waals surface area contributed by atoms with E-state index in [4.69, 9.17) is 9.60 Å². The van der Waals surface area contributed by atoms with Crippen molar-refractivity contribution in [2.24, 2.45) is 0 Å². The van der Waals surface area contributed by atoms with Gasteiger partial charge in [-0.05, 0) is 19.4 Å². The Morgan fingerprint density at radius 2 is 2.09 bits per heavy atom. The van der Waals surface area contributed by atoms with Gasteiger partial charge in [-0.15, -0.1) is 11.8 Å². The fourth-order valence-electron chi connectivity index (χ4n) is 2.75. The lowest BCUT2D eigenvalue weighted by Crippen LogP contribution is -2.70. The Bertz CT molecular complexity index is 958. The van der Waals surface area contributed by atoms with Gasteiger partial charge in [0.25, 0.3) is 0 Å². The van der Waals surface area contributed by atoms with E-state index in [1.807, 2.05) is 0 Å². The standard InChI is InChI=1S/C16H18N2O4S/c1-16(2)12(15(21)22)18-13(20)11(14(18)23-16)17-10(19)8-9-6-4-3-5-7-9/h3-7,11-12,14H,8H2,1-2H3,(H,17,19)(H,21,22)/t11?,12-,14+/m0/s1/i3D,4D,5D,6D,7D,8D2. The Kier molecular flexibility index (Phi) is 2.25. The van der Waals surface area contributed by atoms with Gasteiger partial charge in [-0.25, -0.2) is 4.79 Å². The summed E-state index contributed by atoms with van der Waals surface area (Å²) in [4.78, 5) is 37.8. The molecule has 0 saturated carbocycles. The van der Waals surface area contributed by atoms with Crippen molar-refractivity contribution in [1.29, 1.82) is 0 Å². The van der Waals surface area contributed by atoms with Gasteiger partial charge in [0.2, 0.25) is 11.8 Å². The first-order chi connectivity index (χ1) is 13.6. The van der Waals surface area contributed by atoms with Gasteiger partial charge in [-0.3, -0.25) is 9.59 Å². The summed E-state index contributed by atoms with van der Waals surface area (Å²) in [6.07, 6.45) is -3.03. The number of carbonyl (C=O) groups is 3. The van der Waals surface area contributed by atoms with Crippen molar-refractivity contribution >= 4 is 29.5 Å². The second-order valence-electron chi connectivity index (χ2n) is 5.67. The SMILES string of the molecule is [2H]c1c([2H])c([2H])c(C([2H])([2H])C(=O)NC2C(=O)N3[C@@H]2SC(C)(C)[C@@H]3C(=O)O)c([2H])c1[2H]. The number of benzene rings is 1. The Balaban J connectivity index is 1.89. The fourth-order valence-corrected chi connectivity index (χ4v) is 4.37. The highest BCUT2D eigenvalue weighted by Gasteiger charge is 2.64. The summed E-state index contributed by atoms with van der Waals surface area (Å²) in [6, 6.07) is -6.30. The molecule has 0 aromatic heterocycles. The Hall–Kier alpha value is -2.02. The highest BCUT2D eigenvalue weighted by molar-refractivity contribution is 8.01. The summed E-state index contributed by atoms with van der Waals surface area (Å²) in [6.45, 7) is 3.29. The molecule has 1 aromatic carbocycles. The number of nitrogens with zero attached hydrogens (tertiary/aromatic N) is 1. The highest BCUT2D eigenvalue weighted by Crippen LogP contribution is 2.50. The number of aliphatic carboxylic acids is 1. The zero-order valence-corrected chi connectivity index (χ0v) is 13.1. The van der Waals surface area contributed by atoms with Gasteiger partial charge in [-0.2, -0.15) is 0 Å². The lowest BCUT2D eigenvalue weighted by atomic mass is 9.96. The smallest absolute Gasteiger partial charge is 0.327 e. The average Bonchev–Trinajstić information content (AvgIpc) is 2.90. The minimum absolute atomic E-state index is 0.685. The van der Waals surface area contributed by atoms with Crippen LogP contribution in [0.3, 0.4) is 0 Å². The van der Waals surface area contributed by atoms with E-state index in [1.54, 1.807) is 13.8 Å². The highest BCUT2D eigenvalue weighted by atomic mass is 32.2. The van der Waals surface area contributed by atoms with Crippen molar-refractivity contribution in [2.75, 3.05) is 0 Å². The molecule has 1 unspecified atom stereocenters. The van der Waals surface area contributed by atoms with E-state index in [0.29, 0.717) is 0 Å². The predicted octanol–water partition coefficient (Wildman–Crippen LogP) is 0.861. The van der Waals surface area contributed by atoms with Crippen LogP contribution in [0.5, 0.6) is 0 Å². The average molecular weight is 341 g/mol. The molecule has 1 aromatic rings. The molecule has 2 N–H and O–H groups in total. The van der Waals surface area contributed by atoms with Crippen LogP contribution in [0.15, 0.2) is 30.2 Å². The third kappa shape index (κ3) is 2.69. The largest absolute Gasteiger partial charge is 0.480 e. The third-order valence-electron chi connectivity index (χ3n) is 3.70. The molecule has 6 nitrogen and oxygen atoms in total. The van der Waals surface area contributed by atoms with Crippen LogP contribution in [0.25, 0.3) is 0 Å². The predicted molar refractivity (Wildman–Crippen MR) is 85.8 cm³/mol. The normalized spacial score (nSPS) is 33.0. The van der Waals surface area contributed by atoms with Crippen LogP contribution in [-0.4, -0.2) is 50.0 Å². The first-order valence-corrected chi connectivity index (χ1v) is 7.63. The van der Waals surface area contributed by atoms with Gasteiger partial charge >= 0.3 is 5.97 Å². The van der Waals surface area contributed by atoms with Crippen LogP contribution in [-0.2, 0) is 20.8 Å². The quantitative estimate of drug-likeness (QED) is 0.793. The van der Waals surface area contributed by atoms with Crippen molar-refractivity contribution in [3.05, 3.63) is 35.8 Å². The lowest BCUT2D eigenvalue weighted by molar-refractivity contribution is -0.161. The molecule has 0 spiro atoms. The molecule has 2 aliphatic rings. The molecule has 2 amide bonds. The van der Waals surface area contributed by atoms with Crippen LogP contribution < -0.4 is 5.32 Å². The van der Waals surface area contributed by atoms with Gasteiger partial charge in [0.1, 0.15) is 17.5 Å². The molecule has 23 heavy (non-hydrogen) atoms. The topological polar surface area (TPSA) is 86.7 Å². The fraction of sp³-hybridized carbons (Fsp3) is 0.438. The number of thioether (sulfide) groups is 1. The van der Waals surface area contributed by atoms with Crippen LogP contribution in [0, 0.1) is 0 Å². The number of rotatable bonds is 4. The summed E-state index contributed by atoms with van der Waals surface area (Å²) in [7, 11) is 0. The maximum absolute atomic E-state index is 12.7. The summed E-state index contributed by atoms with van der Waals surface area (Å²) in [5, 5.41) is 10.9. The molecular weight excluding hydrogens is 316 g/mol. The molecule has 2 heterocycles. The van der Waals surface area contributed by atoms with E-state index in [2.05, 4.69) is 5.32 Å². The second-order valence-corrected chi connectivity index (χ2v) is 7.45. The Labute approximate surface area is 148 Å². The monoisotopic (exact) mass is 341 g/mol. The molecule has 0 aliphatic carbocycles. The molecule has 3 rings (SSSR count). The first-order valence-electron chi connectivity index (χ1n) is 10.3. The lowest BCUT2D eigenvalue weighted by Gasteiger charge is -2.43. The number of fused-ring (bicyclic) bond motifs is 1. The summed E-state index contributed by atoms with van der Waals surface area (Å²) in [5.41, 5.74) is -0.836. The Morgan fingerprint density at radius 3 is 2.70 bits per heavy atom. The van der Waals surface area contributed by atoms with Crippen LogP contribution in [0.2, 0.25) is 0 Å². The maximum Gasteiger partial charge on any atom is 0.327 e. The summed E-state index contributed by atoms with van der Waals surface area (Å²) in [5.74, 6) is -3.23. The number of carbonyl (C=O) groups excluding carboxylic acids is 2. The van der Waals surface area contributed by atoms with Crippen LogP contribution >= 0.6 is 11.8 Å². The number of amides is 2. The molecular formula is C16H18N2O4S. The van der Waals surface area contributed by atoms with Gasteiger partial charge in [0, 0.05) is 7.49 Å². The number of nitrogens with one attached hydrogen (secondary N) is 1. The van der Waals surface area contributed by atoms with Gasteiger partial charge in [0.05, 0.1) is 13.2 Å². The van der Waals surface area contributed by atoms with E-state index < -0.39 is 82.1 Å². The minimum atomic E-state index is -3.03. The molecule has 3 atom stereocenters. The van der Waals surface area contributed by atoms with Gasteiger partial charge < -0.3 is 15.3 Å². The van der Waals surface area contributed by atoms with E-state index in [0.717, 1.165) is 16.7 Å². The first kappa shape index (κ1) is 9.32. The van der Waals surface area contributed by atoms with Crippen LogP contribution in [0.4, 0.5) is 0 Å². The Morgan fingerprint density at radius 1 is 1.43 bits per heavy atom. The van der Waals surface area contributed by atoms with E-state index in [1.165, 1.54) is 0 Å². The zero-order valence-electron chi connectivity index (χ0n) is 19.3. The van der Waals surface area contributed by atoms with Crippen molar-refractivity contribution in [1.82, 2.24) is 10.2 Å². The molecule has 0 bridgehead atoms. The number of carboxylic acid groups (broad SMARTS) is 1. The number of hydrogen-bond acceptors (Lipinski definition) is 4. The van der Waals surface area contributed by atoms with E-state index in [9.17, 15) is 19.5 Å². The van der Waals surface area contributed by atoms with Crippen molar-refractivity contribution in [2.45, 2.75) is 42.4 Å². The second kappa shape index (κ2) is 5.56. The van der Waals surface area contributed by atoms with Crippen molar-refractivity contribution in [3.63, 3.8) is 0 Å². The van der Waals surface area contributed by atoms with E-state index >= 15 is 0 Å². The number of hydrogen-bond donors (Lipinski definition) is 2. The van der Waals surface area contributed by atoms with Crippen molar-refractivity contribution in [3.8, 4) is 0 Å². The zero-order chi connectivity index (χ0) is 22.9. The van der Waals surface area contributed by atoms with E-state index in [-0.39, 0.29) is 0 Å². The van der Waals surface area contributed by atoms with Gasteiger partial charge in [-0.1, -0.05) is 30.2 Å². The molecule has 2 aliphatic heterocycles. The molecule has 2 saturated heterocycles. The number of carboxylic acids is 1. The third-order valence-corrected chi connectivity index (χ3v) is 5.27. The maximum atomic E-state index is 12.7. The summed E-state index contributed by atoms with van der Waals surface area (Å²) < 4.78 is 54.0. The molecule has 122 valence electrons. The minimum Gasteiger partial charge on any atom is -0.480 e. The number of β-lactam (4-membered cyclic amide) rings is 1. The van der Waals surface area contributed by atoms with Gasteiger partial charge in [0.15, 0.2) is 0 Å². The van der Waals surface area contributed by atoms with Crippen molar-refractivity contribution < 1.29 is 29.1 Å². The molecule has 2 fully saturated rings. The molecule has 7 heteroatoms.